The van der Waals surface area contributed by atoms with Crippen molar-refractivity contribution < 1.29 is 14.4 Å². The quantitative estimate of drug-likeness (QED) is 0.658. The zero-order valence-corrected chi connectivity index (χ0v) is 14.0. The van der Waals surface area contributed by atoms with Gasteiger partial charge in [0.05, 0.1) is 11.8 Å². The summed E-state index contributed by atoms with van der Waals surface area (Å²) in [6.07, 6.45) is 5.92. The van der Waals surface area contributed by atoms with E-state index in [-0.39, 0.29) is 36.0 Å². The highest BCUT2D eigenvalue weighted by molar-refractivity contribution is 6.30. The van der Waals surface area contributed by atoms with Gasteiger partial charge in [-0.05, 0) is 37.5 Å². The number of allylic oxidation sites excluding steroid dienone is 2. The predicted octanol–water partition coefficient (Wildman–Crippen LogP) is 3.01. The molecule has 3 amide bonds. The normalized spacial score (nSPS) is 22.6. The largest absolute Gasteiger partial charge is 0.326 e. The van der Waals surface area contributed by atoms with Gasteiger partial charge in [0.25, 0.3) is 0 Å². The van der Waals surface area contributed by atoms with Gasteiger partial charge in [-0.1, -0.05) is 29.8 Å². The lowest BCUT2D eigenvalue weighted by atomic mass is 9.85. The zero-order valence-electron chi connectivity index (χ0n) is 13.2. The van der Waals surface area contributed by atoms with E-state index in [0.717, 1.165) is 0 Å². The molecule has 0 saturated carbocycles. The van der Waals surface area contributed by atoms with Crippen LogP contribution in [0.5, 0.6) is 0 Å². The maximum atomic E-state index is 12.3. The van der Waals surface area contributed by atoms with E-state index in [1.165, 1.54) is 4.90 Å². The lowest BCUT2D eigenvalue weighted by Gasteiger charge is -2.14. The maximum Gasteiger partial charge on any atom is 0.233 e. The summed E-state index contributed by atoms with van der Waals surface area (Å²) in [6.45, 7) is 0.299. The Labute approximate surface area is 145 Å². The molecule has 2 aliphatic rings. The molecule has 126 valence electrons. The zero-order chi connectivity index (χ0) is 17.1. The van der Waals surface area contributed by atoms with E-state index in [2.05, 4.69) is 5.32 Å². The van der Waals surface area contributed by atoms with Crippen molar-refractivity contribution in [3.8, 4) is 0 Å². The number of carbonyl (C=O) groups excluding carboxylic acids is 3. The van der Waals surface area contributed by atoms with Crippen LogP contribution in [-0.2, 0) is 14.4 Å². The Morgan fingerprint density at radius 2 is 1.83 bits per heavy atom. The summed E-state index contributed by atoms with van der Waals surface area (Å²) < 4.78 is 0. The molecular formula is C18H19ClN2O3. The average molecular weight is 347 g/mol. The van der Waals surface area contributed by atoms with Gasteiger partial charge in [-0.3, -0.25) is 19.3 Å². The number of imide groups is 1. The standard InChI is InChI=1S/C18H19ClN2O3/c19-12-5-3-6-13(11-12)20-16(22)9-4-10-21-17(23)14-7-1-2-8-15(14)18(21)24/h1-3,5-6,11,14-15H,4,7-10H2,(H,20,22)/t14-,15+. The summed E-state index contributed by atoms with van der Waals surface area (Å²) in [4.78, 5) is 37.9. The van der Waals surface area contributed by atoms with Crippen molar-refractivity contribution in [2.24, 2.45) is 11.8 Å². The van der Waals surface area contributed by atoms with E-state index in [1.807, 2.05) is 12.2 Å². The summed E-state index contributed by atoms with van der Waals surface area (Å²) in [5.74, 6) is -0.754. The molecule has 0 aromatic heterocycles. The summed E-state index contributed by atoms with van der Waals surface area (Å²) in [7, 11) is 0. The van der Waals surface area contributed by atoms with E-state index >= 15 is 0 Å². The second kappa shape index (κ2) is 7.18. The number of benzene rings is 1. The number of halogens is 1. The first-order chi connectivity index (χ1) is 11.6. The first-order valence-corrected chi connectivity index (χ1v) is 8.49. The van der Waals surface area contributed by atoms with Crippen LogP contribution in [0, 0.1) is 11.8 Å². The van der Waals surface area contributed by atoms with Crippen LogP contribution in [0.15, 0.2) is 36.4 Å². The SMILES string of the molecule is O=C(CCCN1C(=O)[C@H]2CC=CC[C@H]2C1=O)Nc1cccc(Cl)c1. The maximum absolute atomic E-state index is 12.3. The van der Waals surface area contributed by atoms with Gasteiger partial charge in [0.2, 0.25) is 17.7 Å². The van der Waals surface area contributed by atoms with E-state index in [9.17, 15) is 14.4 Å². The average Bonchev–Trinajstić information content (AvgIpc) is 2.80. The van der Waals surface area contributed by atoms with E-state index in [0.29, 0.717) is 36.5 Å². The summed E-state index contributed by atoms with van der Waals surface area (Å²) in [5.41, 5.74) is 0.637. The highest BCUT2D eigenvalue weighted by Crippen LogP contribution is 2.35. The minimum atomic E-state index is -0.206. The molecule has 1 saturated heterocycles. The molecule has 1 aromatic carbocycles. The molecule has 1 heterocycles. The molecule has 3 rings (SSSR count). The van der Waals surface area contributed by atoms with Crippen LogP contribution in [0.2, 0.25) is 5.02 Å². The van der Waals surface area contributed by atoms with E-state index < -0.39 is 0 Å². The molecule has 5 nitrogen and oxygen atoms in total. The third-order valence-corrected chi connectivity index (χ3v) is 4.73. The molecule has 0 bridgehead atoms. The number of nitrogens with one attached hydrogen (secondary N) is 1. The monoisotopic (exact) mass is 346 g/mol. The molecule has 0 radical (unpaired) electrons. The number of rotatable bonds is 5. The Balaban J connectivity index is 1.49. The summed E-state index contributed by atoms with van der Waals surface area (Å²) in [5, 5.41) is 3.31. The number of likely N-dealkylation sites (tertiary alicyclic amines) is 1. The van der Waals surface area contributed by atoms with Crippen LogP contribution in [0.4, 0.5) is 5.69 Å². The van der Waals surface area contributed by atoms with Crippen LogP contribution in [0.1, 0.15) is 25.7 Å². The number of anilines is 1. The van der Waals surface area contributed by atoms with Crippen molar-refractivity contribution in [1.29, 1.82) is 0 Å². The smallest absolute Gasteiger partial charge is 0.233 e. The number of carbonyl (C=O) groups is 3. The summed E-state index contributed by atoms with van der Waals surface area (Å²) >= 11 is 5.87. The molecule has 24 heavy (non-hydrogen) atoms. The second-order valence-corrected chi connectivity index (χ2v) is 6.58. The fourth-order valence-corrected chi connectivity index (χ4v) is 3.47. The Morgan fingerprint density at radius 1 is 1.17 bits per heavy atom. The summed E-state index contributed by atoms with van der Waals surface area (Å²) in [6, 6.07) is 6.92. The number of amides is 3. The van der Waals surface area contributed by atoms with E-state index in [1.54, 1.807) is 24.3 Å². The molecule has 0 unspecified atom stereocenters. The fraction of sp³-hybridized carbons (Fsp3) is 0.389. The van der Waals surface area contributed by atoms with Crippen molar-refractivity contribution in [2.45, 2.75) is 25.7 Å². The van der Waals surface area contributed by atoms with Crippen LogP contribution in [-0.4, -0.2) is 29.2 Å². The minimum absolute atomic E-state index is 0.0930. The molecule has 1 N–H and O–H groups in total. The minimum Gasteiger partial charge on any atom is -0.326 e. The van der Waals surface area contributed by atoms with Gasteiger partial charge in [0.1, 0.15) is 0 Å². The fourth-order valence-electron chi connectivity index (χ4n) is 3.28. The second-order valence-electron chi connectivity index (χ2n) is 6.15. The number of hydrogen-bond acceptors (Lipinski definition) is 3. The molecular weight excluding hydrogens is 328 g/mol. The predicted molar refractivity (Wildman–Crippen MR) is 91.4 cm³/mol. The molecule has 1 aromatic rings. The van der Waals surface area contributed by atoms with Gasteiger partial charge in [-0.25, -0.2) is 0 Å². The number of nitrogens with zero attached hydrogens (tertiary/aromatic N) is 1. The van der Waals surface area contributed by atoms with Gasteiger partial charge in [-0.2, -0.15) is 0 Å². The third-order valence-electron chi connectivity index (χ3n) is 4.49. The van der Waals surface area contributed by atoms with E-state index in [4.69, 9.17) is 11.6 Å². The van der Waals surface area contributed by atoms with Crippen LogP contribution in [0.3, 0.4) is 0 Å². The lowest BCUT2D eigenvalue weighted by molar-refractivity contribution is -0.140. The molecule has 1 aliphatic heterocycles. The van der Waals surface area contributed by atoms with Crippen molar-refractivity contribution in [1.82, 2.24) is 4.90 Å². The lowest BCUT2D eigenvalue weighted by Crippen LogP contribution is -2.32. The van der Waals surface area contributed by atoms with Gasteiger partial charge < -0.3 is 5.32 Å². The van der Waals surface area contributed by atoms with Gasteiger partial charge >= 0.3 is 0 Å². The van der Waals surface area contributed by atoms with Crippen molar-refractivity contribution in [2.75, 3.05) is 11.9 Å². The number of fused-ring (bicyclic) bond motifs is 1. The van der Waals surface area contributed by atoms with Crippen LogP contribution >= 0.6 is 11.6 Å². The Kier molecular flexibility index (Phi) is 5.00. The Hall–Kier alpha value is -2.14. The molecule has 2 atom stereocenters. The highest BCUT2D eigenvalue weighted by Gasteiger charge is 2.46. The molecule has 6 heteroatoms. The Morgan fingerprint density at radius 3 is 2.46 bits per heavy atom. The van der Waals surface area contributed by atoms with Gasteiger partial charge in [0, 0.05) is 23.7 Å². The highest BCUT2D eigenvalue weighted by atomic mass is 35.5. The van der Waals surface area contributed by atoms with Gasteiger partial charge in [0.15, 0.2) is 0 Å². The first kappa shape index (κ1) is 16.7. The van der Waals surface area contributed by atoms with Gasteiger partial charge in [-0.15, -0.1) is 0 Å². The van der Waals surface area contributed by atoms with Crippen molar-refractivity contribution in [3.63, 3.8) is 0 Å². The van der Waals surface area contributed by atoms with Crippen molar-refractivity contribution in [3.05, 3.63) is 41.4 Å². The molecule has 1 fully saturated rings. The van der Waals surface area contributed by atoms with Crippen LogP contribution < -0.4 is 5.32 Å². The van der Waals surface area contributed by atoms with Crippen molar-refractivity contribution >= 4 is 35.0 Å². The Bertz CT molecular complexity index is 675. The number of hydrogen-bond donors (Lipinski definition) is 1. The first-order valence-electron chi connectivity index (χ1n) is 8.12. The van der Waals surface area contributed by atoms with Crippen LogP contribution in [0.25, 0.3) is 0 Å². The molecule has 1 aliphatic carbocycles. The third kappa shape index (κ3) is 3.51. The molecule has 0 spiro atoms. The topological polar surface area (TPSA) is 66.5 Å².